The fourth-order valence-corrected chi connectivity index (χ4v) is 2.60. The van der Waals surface area contributed by atoms with E-state index < -0.39 is 0 Å². The zero-order chi connectivity index (χ0) is 12.0. The van der Waals surface area contributed by atoms with Crippen molar-refractivity contribution in [1.29, 1.82) is 0 Å². The van der Waals surface area contributed by atoms with Gasteiger partial charge in [-0.25, -0.2) is 0 Å². The third-order valence-corrected chi connectivity index (χ3v) is 3.79. The lowest BCUT2D eigenvalue weighted by Gasteiger charge is -2.14. The summed E-state index contributed by atoms with van der Waals surface area (Å²) >= 11 is 1.92. The Bertz CT molecular complexity index is 302. The summed E-state index contributed by atoms with van der Waals surface area (Å²) in [7, 11) is 0. The van der Waals surface area contributed by atoms with E-state index in [2.05, 4.69) is 50.5 Å². The highest BCUT2D eigenvalue weighted by molar-refractivity contribution is 7.98. The number of hydrogen-bond acceptors (Lipinski definition) is 2. The van der Waals surface area contributed by atoms with E-state index in [1.165, 1.54) is 22.4 Å². The van der Waals surface area contributed by atoms with Crippen LogP contribution >= 0.6 is 11.8 Å². The van der Waals surface area contributed by atoms with Crippen molar-refractivity contribution >= 4 is 11.8 Å². The van der Waals surface area contributed by atoms with E-state index >= 15 is 0 Å². The molecule has 1 unspecified atom stereocenters. The van der Waals surface area contributed by atoms with Crippen LogP contribution in [0.1, 0.15) is 23.6 Å². The normalized spacial score (nSPS) is 12.8. The lowest BCUT2D eigenvalue weighted by molar-refractivity contribution is 0.558. The highest BCUT2D eigenvalue weighted by atomic mass is 32.2. The van der Waals surface area contributed by atoms with E-state index in [1.807, 2.05) is 11.8 Å². The minimum absolute atomic E-state index is 0.749. The van der Waals surface area contributed by atoms with Gasteiger partial charge in [-0.2, -0.15) is 11.8 Å². The molecule has 0 aliphatic heterocycles. The second-order valence-electron chi connectivity index (χ2n) is 4.56. The van der Waals surface area contributed by atoms with E-state index in [0.29, 0.717) is 0 Å². The summed E-state index contributed by atoms with van der Waals surface area (Å²) in [4.78, 5) is 0. The van der Waals surface area contributed by atoms with Crippen molar-refractivity contribution in [3.8, 4) is 0 Å². The molecule has 0 spiro atoms. The number of aryl methyl sites for hydroxylation is 2. The first-order chi connectivity index (χ1) is 7.65. The molecule has 0 aromatic heterocycles. The SMILES string of the molecule is CSCC(C)CNCc1c(C)cccc1C. The first kappa shape index (κ1) is 13.6. The van der Waals surface area contributed by atoms with Crippen LogP contribution in [0.4, 0.5) is 0 Å². The van der Waals surface area contributed by atoms with E-state index in [0.717, 1.165) is 19.0 Å². The highest BCUT2D eigenvalue weighted by Crippen LogP contribution is 2.13. The largest absolute Gasteiger partial charge is 0.312 e. The van der Waals surface area contributed by atoms with Gasteiger partial charge in [0.1, 0.15) is 0 Å². The molecule has 1 N–H and O–H groups in total. The second kappa shape index (κ2) is 6.97. The van der Waals surface area contributed by atoms with Crippen LogP contribution in [0.3, 0.4) is 0 Å². The summed E-state index contributed by atoms with van der Waals surface area (Å²) in [6, 6.07) is 6.51. The fraction of sp³-hybridized carbons (Fsp3) is 0.571. The topological polar surface area (TPSA) is 12.0 Å². The summed E-state index contributed by atoms with van der Waals surface area (Å²) in [5, 5.41) is 3.55. The maximum atomic E-state index is 3.55. The van der Waals surface area contributed by atoms with E-state index in [1.54, 1.807) is 0 Å². The Morgan fingerprint density at radius 3 is 2.44 bits per heavy atom. The van der Waals surface area contributed by atoms with Gasteiger partial charge in [0.2, 0.25) is 0 Å². The van der Waals surface area contributed by atoms with Crippen molar-refractivity contribution in [3.05, 3.63) is 34.9 Å². The summed E-state index contributed by atoms with van der Waals surface area (Å²) in [5.74, 6) is 1.99. The minimum Gasteiger partial charge on any atom is -0.312 e. The molecule has 0 aliphatic carbocycles. The summed E-state index contributed by atoms with van der Waals surface area (Å²) in [5.41, 5.74) is 4.24. The van der Waals surface area contributed by atoms with E-state index in [-0.39, 0.29) is 0 Å². The zero-order valence-electron chi connectivity index (χ0n) is 10.8. The van der Waals surface area contributed by atoms with Crippen molar-refractivity contribution in [1.82, 2.24) is 5.32 Å². The molecule has 2 heteroatoms. The predicted molar refractivity (Wildman–Crippen MR) is 75.2 cm³/mol. The molecule has 1 nitrogen and oxygen atoms in total. The Morgan fingerprint density at radius 2 is 1.88 bits per heavy atom. The Kier molecular flexibility index (Phi) is 5.93. The Morgan fingerprint density at radius 1 is 1.25 bits per heavy atom. The molecule has 1 atom stereocenters. The van der Waals surface area contributed by atoms with Crippen LogP contribution in [0.2, 0.25) is 0 Å². The van der Waals surface area contributed by atoms with Crippen molar-refractivity contribution in [2.45, 2.75) is 27.3 Å². The van der Waals surface area contributed by atoms with Gasteiger partial charge < -0.3 is 5.32 Å². The molecule has 90 valence electrons. The lowest BCUT2D eigenvalue weighted by atomic mass is 10.0. The van der Waals surface area contributed by atoms with Gasteiger partial charge in [-0.05, 0) is 55.0 Å². The van der Waals surface area contributed by atoms with Gasteiger partial charge in [-0.3, -0.25) is 0 Å². The molecule has 1 aromatic carbocycles. The molecule has 1 aromatic rings. The molecule has 0 bridgehead atoms. The molecule has 1 rings (SSSR count). The number of rotatable bonds is 6. The van der Waals surface area contributed by atoms with Crippen LogP contribution in [-0.4, -0.2) is 18.6 Å². The third-order valence-electron chi connectivity index (χ3n) is 2.89. The molecule has 0 saturated heterocycles. The third kappa shape index (κ3) is 4.18. The molecule has 0 amide bonds. The average Bonchev–Trinajstić information content (AvgIpc) is 2.23. The van der Waals surface area contributed by atoms with Gasteiger partial charge in [0.15, 0.2) is 0 Å². The molecular weight excluding hydrogens is 214 g/mol. The van der Waals surface area contributed by atoms with Gasteiger partial charge in [-0.1, -0.05) is 25.1 Å². The van der Waals surface area contributed by atoms with Crippen molar-refractivity contribution < 1.29 is 0 Å². The summed E-state index contributed by atoms with van der Waals surface area (Å²) in [6.07, 6.45) is 2.17. The minimum atomic E-state index is 0.749. The summed E-state index contributed by atoms with van der Waals surface area (Å²) < 4.78 is 0. The lowest BCUT2D eigenvalue weighted by Crippen LogP contribution is -2.22. The van der Waals surface area contributed by atoms with Gasteiger partial charge in [0.05, 0.1) is 0 Å². The summed E-state index contributed by atoms with van der Waals surface area (Å²) in [6.45, 7) is 8.78. The number of nitrogens with one attached hydrogen (secondary N) is 1. The van der Waals surface area contributed by atoms with Crippen molar-refractivity contribution in [2.24, 2.45) is 5.92 Å². The fourth-order valence-electron chi connectivity index (χ4n) is 1.91. The van der Waals surface area contributed by atoms with Gasteiger partial charge in [-0.15, -0.1) is 0 Å². The standard InChI is InChI=1S/C14H23NS/c1-11(10-16-4)8-15-9-14-12(2)6-5-7-13(14)3/h5-7,11,15H,8-10H2,1-4H3. The van der Waals surface area contributed by atoms with Crippen LogP contribution in [0.5, 0.6) is 0 Å². The molecule has 0 fully saturated rings. The van der Waals surface area contributed by atoms with Crippen LogP contribution in [0, 0.1) is 19.8 Å². The smallest absolute Gasteiger partial charge is 0.0210 e. The number of hydrogen-bond donors (Lipinski definition) is 1. The zero-order valence-corrected chi connectivity index (χ0v) is 11.7. The Balaban J connectivity index is 2.43. The molecule has 0 aliphatic rings. The maximum absolute atomic E-state index is 3.55. The van der Waals surface area contributed by atoms with Crippen LogP contribution in [-0.2, 0) is 6.54 Å². The van der Waals surface area contributed by atoms with Gasteiger partial charge in [0, 0.05) is 6.54 Å². The van der Waals surface area contributed by atoms with E-state index in [4.69, 9.17) is 0 Å². The molecule has 0 heterocycles. The molecule has 0 radical (unpaired) electrons. The number of benzene rings is 1. The van der Waals surface area contributed by atoms with Crippen molar-refractivity contribution in [2.75, 3.05) is 18.6 Å². The predicted octanol–water partition coefficient (Wildman–Crippen LogP) is 3.39. The maximum Gasteiger partial charge on any atom is 0.0210 e. The van der Waals surface area contributed by atoms with Crippen molar-refractivity contribution in [3.63, 3.8) is 0 Å². The van der Waals surface area contributed by atoms with Gasteiger partial charge in [0.25, 0.3) is 0 Å². The van der Waals surface area contributed by atoms with Crippen LogP contribution in [0.15, 0.2) is 18.2 Å². The first-order valence-electron chi connectivity index (χ1n) is 5.90. The van der Waals surface area contributed by atoms with Gasteiger partial charge >= 0.3 is 0 Å². The quantitative estimate of drug-likeness (QED) is 0.814. The van der Waals surface area contributed by atoms with Crippen LogP contribution < -0.4 is 5.32 Å². The second-order valence-corrected chi connectivity index (χ2v) is 5.47. The van der Waals surface area contributed by atoms with E-state index in [9.17, 15) is 0 Å². The monoisotopic (exact) mass is 237 g/mol. The number of thioether (sulfide) groups is 1. The highest BCUT2D eigenvalue weighted by Gasteiger charge is 2.03. The Labute approximate surface area is 104 Å². The molecule has 0 saturated carbocycles. The molecular formula is C14H23NS. The molecule has 16 heavy (non-hydrogen) atoms. The Hall–Kier alpha value is -0.470. The van der Waals surface area contributed by atoms with Crippen LogP contribution in [0.25, 0.3) is 0 Å². The first-order valence-corrected chi connectivity index (χ1v) is 7.29. The average molecular weight is 237 g/mol.